The summed E-state index contributed by atoms with van der Waals surface area (Å²) in [4.78, 5) is 27.2. The number of nitrogens with zero attached hydrogens (tertiary/aromatic N) is 1. The second-order valence-corrected chi connectivity index (χ2v) is 14.0. The number of ether oxygens (including phenoxy) is 6. The fourth-order valence-electron chi connectivity index (χ4n) is 6.72. The normalized spacial score (nSPS) is 22.8. The van der Waals surface area contributed by atoms with Gasteiger partial charge in [-0.1, -0.05) is 17.7 Å². The van der Waals surface area contributed by atoms with Crippen molar-refractivity contribution in [3.8, 4) is 0 Å². The van der Waals surface area contributed by atoms with E-state index >= 15 is 0 Å². The van der Waals surface area contributed by atoms with Gasteiger partial charge >= 0.3 is 11.9 Å². The number of likely N-dealkylation sites (tertiary alicyclic amines) is 1. The highest BCUT2D eigenvalue weighted by Gasteiger charge is 2.52. The quantitative estimate of drug-likeness (QED) is 0.165. The lowest BCUT2D eigenvalue weighted by Crippen LogP contribution is -2.43. The number of rotatable bonds is 15. The van der Waals surface area contributed by atoms with Gasteiger partial charge in [-0.15, -0.1) is 0 Å². The van der Waals surface area contributed by atoms with Crippen molar-refractivity contribution in [1.82, 2.24) is 4.90 Å². The molecule has 1 saturated heterocycles. The summed E-state index contributed by atoms with van der Waals surface area (Å²) >= 11 is 3.21. The zero-order valence-electron chi connectivity index (χ0n) is 28.4. The number of piperidine rings is 1. The number of aryl methyl sites for hydroxylation is 3. The van der Waals surface area contributed by atoms with Gasteiger partial charge in [-0.05, 0) is 96.8 Å². The summed E-state index contributed by atoms with van der Waals surface area (Å²) in [7, 11) is 0. The van der Waals surface area contributed by atoms with E-state index in [0.717, 1.165) is 67.6 Å². The van der Waals surface area contributed by atoms with Crippen LogP contribution in [0.15, 0.2) is 17.9 Å². The minimum Gasteiger partial charge on any atom is -0.458 e. The molecule has 2 fully saturated rings. The van der Waals surface area contributed by atoms with Gasteiger partial charge in [-0.25, -0.2) is 9.59 Å². The Hall–Kier alpha value is -2.02. The molecule has 4 rings (SSSR count). The molecule has 0 N–H and O–H groups in total. The Labute approximate surface area is 282 Å². The molecule has 1 spiro atoms. The first-order valence-corrected chi connectivity index (χ1v) is 17.2. The van der Waals surface area contributed by atoms with Gasteiger partial charge in [0, 0.05) is 19.6 Å². The Bertz CT molecular complexity index is 1190. The number of carbonyl (C=O) groups excluding carboxylic acids is 2. The molecule has 1 saturated carbocycles. The predicted octanol–water partition coefficient (Wildman–Crippen LogP) is 5.76. The molecule has 46 heavy (non-hydrogen) atoms. The molecule has 0 radical (unpaired) electrons. The molecule has 0 bridgehead atoms. The van der Waals surface area contributed by atoms with E-state index in [4.69, 9.17) is 32.2 Å². The highest BCUT2D eigenvalue weighted by atomic mass is 79.9. The lowest BCUT2D eigenvalue weighted by molar-refractivity contribution is -0.160. The Morgan fingerprint density at radius 2 is 1.48 bits per heavy atom. The molecule has 10 nitrogen and oxygen atoms in total. The van der Waals surface area contributed by atoms with Crippen LogP contribution in [-0.4, -0.2) is 99.5 Å². The summed E-state index contributed by atoms with van der Waals surface area (Å²) in [5.74, 6) is -0.0893. The molecule has 0 aromatic heterocycles. The molecular formula is C35H52BrNO9. The molecule has 2 aliphatic heterocycles. The monoisotopic (exact) mass is 709 g/mol. The molecule has 0 unspecified atom stereocenters. The molecule has 1 aromatic rings. The number of hydrogen-bond acceptors (Lipinski definition) is 10. The van der Waals surface area contributed by atoms with Crippen molar-refractivity contribution in [2.45, 2.75) is 103 Å². The molecule has 0 amide bonds. The van der Waals surface area contributed by atoms with Gasteiger partial charge in [0.1, 0.15) is 17.8 Å². The lowest BCUT2D eigenvalue weighted by atomic mass is 9.80. The van der Waals surface area contributed by atoms with Crippen LogP contribution in [0.1, 0.15) is 81.5 Å². The molecule has 11 heteroatoms. The van der Waals surface area contributed by atoms with Crippen molar-refractivity contribution in [1.29, 1.82) is 0 Å². The van der Waals surface area contributed by atoms with Crippen molar-refractivity contribution in [2.24, 2.45) is 0 Å². The van der Waals surface area contributed by atoms with Crippen molar-refractivity contribution in [2.75, 3.05) is 59.3 Å². The van der Waals surface area contributed by atoms with Crippen LogP contribution in [0.4, 0.5) is 0 Å². The Morgan fingerprint density at radius 3 is 2.07 bits per heavy atom. The van der Waals surface area contributed by atoms with Gasteiger partial charge in [0.25, 0.3) is 0 Å². The highest BCUT2D eigenvalue weighted by molar-refractivity contribution is 9.06. The van der Waals surface area contributed by atoms with Crippen LogP contribution < -0.4 is 0 Å². The van der Waals surface area contributed by atoms with E-state index in [-0.39, 0.29) is 30.8 Å². The van der Waals surface area contributed by atoms with E-state index in [1.165, 1.54) is 0 Å². The fourth-order valence-corrected chi connectivity index (χ4v) is 7.17. The van der Waals surface area contributed by atoms with Crippen LogP contribution in [-0.2, 0) is 41.8 Å². The van der Waals surface area contributed by atoms with Crippen molar-refractivity contribution in [3.63, 3.8) is 0 Å². The molecule has 3 aliphatic rings. The van der Waals surface area contributed by atoms with Crippen molar-refractivity contribution >= 4 is 33.8 Å². The van der Waals surface area contributed by atoms with Gasteiger partial charge in [-0.2, -0.15) is 0 Å². The first-order chi connectivity index (χ1) is 21.9. The molecule has 258 valence electrons. The molecule has 1 aliphatic carbocycles. The number of esters is 2. The van der Waals surface area contributed by atoms with E-state index in [1.807, 2.05) is 34.6 Å². The Kier molecular flexibility index (Phi) is 13.5. The van der Waals surface area contributed by atoms with Crippen LogP contribution in [0.25, 0.3) is 5.57 Å². The average Bonchev–Trinajstić information content (AvgIpc) is 3.24. The second kappa shape index (κ2) is 16.9. The second-order valence-electron chi connectivity index (χ2n) is 13.7. The van der Waals surface area contributed by atoms with Gasteiger partial charge in [-0.3, -0.25) is 0 Å². The van der Waals surface area contributed by atoms with E-state index in [1.54, 1.807) is 0 Å². The van der Waals surface area contributed by atoms with Crippen LogP contribution in [0, 0.1) is 20.8 Å². The Morgan fingerprint density at radius 1 is 0.913 bits per heavy atom. The summed E-state index contributed by atoms with van der Waals surface area (Å²) in [5, 5.41) is 0. The zero-order valence-corrected chi connectivity index (χ0v) is 30.0. The number of halogens is 1. The molecule has 0 atom stereocenters. The number of carbonyl (C=O) groups is 2. The summed E-state index contributed by atoms with van der Waals surface area (Å²) in [6.45, 7) is 16.8. The van der Waals surface area contributed by atoms with E-state index < -0.39 is 11.2 Å². The fraction of sp³-hybridized carbons (Fsp3) is 0.714. The van der Waals surface area contributed by atoms with Gasteiger partial charge in [0.2, 0.25) is 0 Å². The average molecular weight is 711 g/mol. The first kappa shape index (κ1) is 36.8. The van der Waals surface area contributed by atoms with E-state index in [2.05, 4.69) is 40.2 Å². The smallest absolute Gasteiger partial charge is 0.343 e. The third-order valence-corrected chi connectivity index (χ3v) is 9.06. The standard InChI is InChI=1S/C35H52BrNO9/c1-24-21-25(2)30(26(3)22-24)31-32(46-36)35(45-33(31)39)11-7-27(8-12-35)43-28-9-13-37(14-10-28)15-16-40-17-18-41-19-20-42-23-29(38)44-34(4,5)6/h21-22,27-28H,7-20,23H2,1-6H3. The maximum absolute atomic E-state index is 13.2. The third kappa shape index (κ3) is 10.2. The minimum absolute atomic E-state index is 0.0716. The van der Waals surface area contributed by atoms with Crippen LogP contribution in [0.2, 0.25) is 0 Å². The van der Waals surface area contributed by atoms with Gasteiger partial charge in [0.05, 0.1) is 45.2 Å². The van der Waals surface area contributed by atoms with Gasteiger partial charge < -0.3 is 37.1 Å². The van der Waals surface area contributed by atoms with Crippen LogP contribution >= 0.6 is 16.3 Å². The minimum atomic E-state index is -0.747. The van der Waals surface area contributed by atoms with Crippen molar-refractivity contribution in [3.05, 3.63) is 40.1 Å². The molecule has 1 aromatic carbocycles. The summed E-state index contributed by atoms with van der Waals surface area (Å²) < 4.78 is 40.1. The zero-order chi connectivity index (χ0) is 33.3. The highest BCUT2D eigenvalue weighted by Crippen LogP contribution is 2.49. The summed E-state index contributed by atoms with van der Waals surface area (Å²) in [5.41, 5.74) is 3.44. The first-order valence-electron chi connectivity index (χ1n) is 16.6. The van der Waals surface area contributed by atoms with E-state index in [0.29, 0.717) is 57.2 Å². The van der Waals surface area contributed by atoms with Crippen LogP contribution in [0.3, 0.4) is 0 Å². The van der Waals surface area contributed by atoms with E-state index in [9.17, 15) is 9.59 Å². The van der Waals surface area contributed by atoms with Crippen LogP contribution in [0.5, 0.6) is 0 Å². The van der Waals surface area contributed by atoms with Gasteiger partial charge in [0.15, 0.2) is 27.6 Å². The summed E-state index contributed by atoms with van der Waals surface area (Å²) in [6.07, 6.45) is 5.37. The third-order valence-electron chi connectivity index (χ3n) is 8.73. The Balaban J connectivity index is 1.09. The lowest BCUT2D eigenvalue weighted by Gasteiger charge is -2.39. The maximum Gasteiger partial charge on any atom is 0.343 e. The molecular weight excluding hydrogens is 658 g/mol. The van der Waals surface area contributed by atoms with Crippen molar-refractivity contribution < 1.29 is 41.8 Å². The number of hydrogen-bond donors (Lipinski definition) is 0. The predicted molar refractivity (Wildman–Crippen MR) is 178 cm³/mol. The topological polar surface area (TPSA) is 102 Å². The summed E-state index contributed by atoms with van der Waals surface area (Å²) in [6, 6.07) is 4.19. The number of benzene rings is 1. The molecule has 2 heterocycles. The maximum atomic E-state index is 13.2. The largest absolute Gasteiger partial charge is 0.458 e. The SMILES string of the molecule is Cc1cc(C)c(C2=C(OBr)C3(CCC(OC4CCN(CCOCCOCCOCC(=O)OC(C)(C)C)CC4)CC3)OC2=O)c(C)c1.